The fourth-order valence-electron chi connectivity index (χ4n) is 2.48. The first kappa shape index (κ1) is 19.8. The number of amides is 2. The number of aryl methyl sites for hydroxylation is 1. The monoisotopic (exact) mass is 411 g/mol. The van der Waals surface area contributed by atoms with Crippen LogP contribution < -0.4 is 10.4 Å². The molecule has 1 heterocycles. The Bertz CT molecular complexity index is 982. The van der Waals surface area contributed by atoms with Crippen LogP contribution in [0, 0.1) is 6.92 Å². The highest BCUT2D eigenvalue weighted by atomic mass is 32.2. The van der Waals surface area contributed by atoms with Gasteiger partial charge in [-0.1, -0.05) is 65.9 Å². The molecule has 0 aliphatic carbocycles. The number of thiocarbonyl (C=S) groups is 1. The van der Waals surface area contributed by atoms with Crippen molar-refractivity contribution in [2.45, 2.75) is 6.92 Å². The number of carbonyl (C=O) groups excluding carboxylic acids is 3. The normalized spacial score (nSPS) is 15.2. The van der Waals surface area contributed by atoms with Gasteiger partial charge < -0.3 is 15.2 Å². The number of rotatable bonds is 5. The second-order valence-electron chi connectivity index (χ2n) is 6.09. The Hall–Kier alpha value is -2.97. The largest absolute Gasteiger partial charge is 0.545 e. The summed E-state index contributed by atoms with van der Waals surface area (Å²) in [6.07, 6.45) is 1.75. The van der Waals surface area contributed by atoms with Crippen molar-refractivity contribution in [3.8, 4) is 0 Å². The number of benzene rings is 2. The number of nitrogens with one attached hydrogen (secondary N) is 1. The molecule has 2 amide bonds. The highest BCUT2D eigenvalue weighted by molar-refractivity contribution is 8.26. The van der Waals surface area contributed by atoms with Gasteiger partial charge in [0.15, 0.2) is 0 Å². The van der Waals surface area contributed by atoms with Crippen LogP contribution in [0.25, 0.3) is 6.08 Å². The van der Waals surface area contributed by atoms with Gasteiger partial charge in [0.25, 0.3) is 5.91 Å². The average molecular weight is 411 g/mol. The molecule has 142 valence electrons. The summed E-state index contributed by atoms with van der Waals surface area (Å²) in [5.41, 5.74) is 2.42. The molecule has 3 rings (SSSR count). The van der Waals surface area contributed by atoms with Gasteiger partial charge in [-0.2, -0.15) is 0 Å². The molecule has 6 nitrogen and oxygen atoms in total. The standard InChI is InChI=1S/C20H16N2O4S2/c1-12-2-4-13(5-3-12)10-16-18(24)22(20(27)28-16)11-17(23)21-15-8-6-14(7-9-15)19(25)26/h2-10H,11H2,1H3,(H,21,23)(H,25,26)/p-1/b16-10-. The number of thioether (sulfide) groups is 1. The fraction of sp³-hybridized carbons (Fsp3) is 0.100. The first-order chi connectivity index (χ1) is 13.3. The maximum Gasteiger partial charge on any atom is 0.266 e. The van der Waals surface area contributed by atoms with Crippen molar-refractivity contribution >= 4 is 57.8 Å². The molecule has 1 aliphatic rings. The maximum absolute atomic E-state index is 12.6. The van der Waals surface area contributed by atoms with Gasteiger partial charge in [0.1, 0.15) is 10.9 Å². The van der Waals surface area contributed by atoms with Gasteiger partial charge in [0.2, 0.25) is 5.91 Å². The van der Waals surface area contributed by atoms with Gasteiger partial charge in [-0.25, -0.2) is 0 Å². The van der Waals surface area contributed by atoms with Crippen molar-refractivity contribution < 1.29 is 19.5 Å². The van der Waals surface area contributed by atoms with E-state index in [1.807, 2.05) is 31.2 Å². The maximum atomic E-state index is 12.6. The van der Waals surface area contributed by atoms with Crippen molar-refractivity contribution in [3.63, 3.8) is 0 Å². The van der Waals surface area contributed by atoms with Crippen LogP contribution in [0.2, 0.25) is 0 Å². The smallest absolute Gasteiger partial charge is 0.266 e. The highest BCUT2D eigenvalue weighted by Crippen LogP contribution is 2.32. The minimum Gasteiger partial charge on any atom is -0.545 e. The molecule has 1 N–H and O–H groups in total. The van der Waals surface area contributed by atoms with E-state index < -0.39 is 11.9 Å². The summed E-state index contributed by atoms with van der Waals surface area (Å²) in [6.45, 7) is 1.76. The molecule has 0 aromatic heterocycles. The number of hydrogen-bond donors (Lipinski definition) is 1. The van der Waals surface area contributed by atoms with Crippen LogP contribution in [0.4, 0.5) is 5.69 Å². The SMILES string of the molecule is Cc1ccc(/C=C2\SC(=S)N(CC(=O)Nc3ccc(C(=O)[O-])cc3)C2=O)cc1. The first-order valence-electron chi connectivity index (χ1n) is 8.27. The molecule has 0 saturated carbocycles. The molecule has 0 unspecified atom stereocenters. The predicted molar refractivity (Wildman–Crippen MR) is 110 cm³/mol. The zero-order valence-corrected chi connectivity index (χ0v) is 16.4. The summed E-state index contributed by atoms with van der Waals surface area (Å²) >= 11 is 6.39. The Morgan fingerprint density at radius 3 is 2.39 bits per heavy atom. The summed E-state index contributed by atoms with van der Waals surface area (Å²) < 4.78 is 0.311. The van der Waals surface area contributed by atoms with E-state index in [4.69, 9.17) is 12.2 Å². The zero-order valence-electron chi connectivity index (χ0n) is 14.8. The van der Waals surface area contributed by atoms with E-state index in [1.54, 1.807) is 6.08 Å². The van der Waals surface area contributed by atoms with Crippen LogP contribution in [0.3, 0.4) is 0 Å². The Labute approximate surface area is 171 Å². The summed E-state index contributed by atoms with van der Waals surface area (Å²) in [5, 5.41) is 13.4. The van der Waals surface area contributed by atoms with Crippen LogP contribution >= 0.6 is 24.0 Å². The van der Waals surface area contributed by atoms with Gasteiger partial charge >= 0.3 is 0 Å². The summed E-state index contributed by atoms with van der Waals surface area (Å²) in [7, 11) is 0. The first-order valence-corrected chi connectivity index (χ1v) is 9.49. The molecule has 2 aromatic carbocycles. The van der Waals surface area contributed by atoms with Crippen molar-refractivity contribution in [3.05, 3.63) is 70.1 Å². The molecule has 1 fully saturated rings. The third-order valence-electron chi connectivity index (χ3n) is 3.95. The van der Waals surface area contributed by atoms with Crippen LogP contribution in [-0.4, -0.2) is 33.5 Å². The number of carboxylic acid groups (broad SMARTS) is 1. The van der Waals surface area contributed by atoms with E-state index in [-0.39, 0.29) is 18.0 Å². The molecule has 0 atom stereocenters. The van der Waals surface area contributed by atoms with Gasteiger partial charge in [0.05, 0.1) is 10.9 Å². The fourth-order valence-corrected chi connectivity index (χ4v) is 3.74. The van der Waals surface area contributed by atoms with E-state index >= 15 is 0 Å². The lowest BCUT2D eigenvalue weighted by molar-refractivity contribution is -0.255. The topological polar surface area (TPSA) is 89.5 Å². The number of nitrogens with zero attached hydrogens (tertiary/aromatic N) is 1. The lowest BCUT2D eigenvalue weighted by atomic mass is 10.1. The van der Waals surface area contributed by atoms with Crippen molar-refractivity contribution in [2.75, 3.05) is 11.9 Å². The van der Waals surface area contributed by atoms with E-state index in [0.29, 0.717) is 14.9 Å². The third kappa shape index (κ3) is 4.65. The Morgan fingerprint density at radius 1 is 1.14 bits per heavy atom. The second kappa shape index (κ2) is 8.37. The van der Waals surface area contributed by atoms with Gasteiger partial charge in [-0.15, -0.1) is 0 Å². The Morgan fingerprint density at radius 2 is 1.79 bits per heavy atom. The van der Waals surface area contributed by atoms with Crippen molar-refractivity contribution in [1.82, 2.24) is 4.90 Å². The molecule has 28 heavy (non-hydrogen) atoms. The van der Waals surface area contributed by atoms with Crippen LogP contribution in [-0.2, 0) is 9.59 Å². The van der Waals surface area contributed by atoms with Gasteiger partial charge in [-0.3, -0.25) is 14.5 Å². The van der Waals surface area contributed by atoms with Crippen molar-refractivity contribution in [2.24, 2.45) is 0 Å². The minimum atomic E-state index is -1.30. The zero-order chi connectivity index (χ0) is 20.3. The number of hydrogen-bond acceptors (Lipinski definition) is 6. The molecule has 8 heteroatoms. The lowest BCUT2D eigenvalue weighted by Gasteiger charge is -2.14. The summed E-state index contributed by atoms with van der Waals surface area (Å²) in [4.78, 5) is 37.3. The van der Waals surface area contributed by atoms with Crippen LogP contribution in [0.5, 0.6) is 0 Å². The predicted octanol–water partition coefficient (Wildman–Crippen LogP) is 2.20. The Balaban J connectivity index is 1.65. The molecule has 0 bridgehead atoms. The third-order valence-corrected chi connectivity index (χ3v) is 5.33. The van der Waals surface area contributed by atoms with E-state index in [0.717, 1.165) is 22.9 Å². The van der Waals surface area contributed by atoms with Crippen LogP contribution in [0.15, 0.2) is 53.4 Å². The molecule has 0 spiro atoms. The average Bonchev–Trinajstić information content (AvgIpc) is 2.91. The highest BCUT2D eigenvalue weighted by Gasteiger charge is 2.33. The van der Waals surface area contributed by atoms with Gasteiger partial charge in [0, 0.05) is 5.69 Å². The summed E-state index contributed by atoms with van der Waals surface area (Å²) in [5.74, 6) is -2.05. The van der Waals surface area contributed by atoms with E-state index in [2.05, 4.69) is 5.32 Å². The van der Waals surface area contributed by atoms with Crippen molar-refractivity contribution in [1.29, 1.82) is 0 Å². The number of aromatic carboxylic acids is 1. The number of carbonyl (C=O) groups is 3. The quantitative estimate of drug-likeness (QED) is 0.599. The van der Waals surface area contributed by atoms with E-state index in [9.17, 15) is 19.5 Å². The number of anilines is 1. The molecular weight excluding hydrogens is 396 g/mol. The van der Waals surface area contributed by atoms with E-state index in [1.165, 1.54) is 29.2 Å². The second-order valence-corrected chi connectivity index (χ2v) is 7.77. The molecule has 0 radical (unpaired) electrons. The lowest BCUT2D eigenvalue weighted by Crippen LogP contribution is -2.36. The molecule has 1 aliphatic heterocycles. The minimum absolute atomic E-state index is 0.0104. The molecule has 1 saturated heterocycles. The summed E-state index contributed by atoms with van der Waals surface area (Å²) in [6, 6.07) is 13.3. The molecule has 2 aromatic rings. The van der Waals surface area contributed by atoms with Crippen LogP contribution in [0.1, 0.15) is 21.5 Å². The Kier molecular flexibility index (Phi) is 5.91. The molecular formula is C20H15N2O4S2-. The van der Waals surface area contributed by atoms with Gasteiger partial charge in [-0.05, 0) is 36.3 Å². The number of carboxylic acids is 1.